The van der Waals surface area contributed by atoms with E-state index < -0.39 is 0 Å². The van der Waals surface area contributed by atoms with E-state index in [-0.39, 0.29) is 5.82 Å². The minimum atomic E-state index is -0.349. The monoisotopic (exact) mass is 396 g/mol. The molecule has 122 valence electrons. The lowest BCUT2D eigenvalue weighted by molar-refractivity contribution is 0.409. The molecule has 0 saturated carbocycles. The molecule has 0 bridgehead atoms. The van der Waals surface area contributed by atoms with Crippen molar-refractivity contribution in [1.29, 1.82) is 0 Å². The van der Waals surface area contributed by atoms with Gasteiger partial charge < -0.3 is 15.4 Å². The quantitative estimate of drug-likeness (QED) is 0.555. The van der Waals surface area contributed by atoms with Crippen molar-refractivity contribution < 1.29 is 9.13 Å². The highest BCUT2D eigenvalue weighted by Gasteiger charge is 2.05. The number of para-hydroxylation sites is 1. The first kappa shape index (κ1) is 17.7. The van der Waals surface area contributed by atoms with Gasteiger partial charge >= 0.3 is 0 Å². The van der Waals surface area contributed by atoms with Crippen molar-refractivity contribution in [2.75, 3.05) is 19.0 Å². The SMILES string of the molecule is COc1ccccc1CCCNC(=S)Nc1ccc(Br)cc1F. The third-order valence-corrected chi connectivity index (χ3v) is 4.02. The van der Waals surface area contributed by atoms with E-state index in [2.05, 4.69) is 26.6 Å². The van der Waals surface area contributed by atoms with Crippen LogP contribution in [0.15, 0.2) is 46.9 Å². The summed E-state index contributed by atoms with van der Waals surface area (Å²) in [5.41, 5.74) is 1.52. The molecule has 0 aromatic heterocycles. The molecule has 0 atom stereocenters. The van der Waals surface area contributed by atoms with Gasteiger partial charge in [-0.25, -0.2) is 4.39 Å². The standard InChI is InChI=1S/C17H18BrFN2OS/c1-22-16-7-3-2-5-12(16)6-4-10-20-17(23)21-15-9-8-13(18)11-14(15)19/h2-3,5,7-9,11H,4,6,10H2,1H3,(H2,20,21,23). The molecule has 0 spiro atoms. The Morgan fingerprint density at radius 1 is 1.26 bits per heavy atom. The van der Waals surface area contributed by atoms with Crippen LogP contribution >= 0.6 is 28.1 Å². The van der Waals surface area contributed by atoms with Crippen LogP contribution in [0.5, 0.6) is 5.75 Å². The molecule has 0 radical (unpaired) electrons. The summed E-state index contributed by atoms with van der Waals surface area (Å²) in [6.45, 7) is 0.696. The lowest BCUT2D eigenvalue weighted by Gasteiger charge is -2.12. The Morgan fingerprint density at radius 2 is 2.04 bits per heavy atom. The second-order valence-corrected chi connectivity index (χ2v) is 6.24. The smallest absolute Gasteiger partial charge is 0.170 e. The number of rotatable bonds is 6. The predicted octanol–water partition coefficient (Wildman–Crippen LogP) is 4.52. The average Bonchev–Trinajstić information content (AvgIpc) is 2.54. The number of benzene rings is 2. The van der Waals surface area contributed by atoms with Gasteiger partial charge in [-0.3, -0.25) is 0 Å². The zero-order valence-electron chi connectivity index (χ0n) is 12.7. The average molecular weight is 397 g/mol. The van der Waals surface area contributed by atoms with E-state index >= 15 is 0 Å². The number of ether oxygens (including phenoxy) is 1. The molecule has 0 unspecified atom stereocenters. The molecule has 0 amide bonds. The molecule has 0 heterocycles. The summed E-state index contributed by atoms with van der Waals surface area (Å²) in [7, 11) is 1.67. The van der Waals surface area contributed by atoms with Crippen LogP contribution in [0.2, 0.25) is 0 Å². The largest absolute Gasteiger partial charge is 0.496 e. The number of hydrogen-bond acceptors (Lipinski definition) is 2. The molecule has 0 aliphatic carbocycles. The third-order valence-electron chi connectivity index (χ3n) is 3.28. The summed E-state index contributed by atoms with van der Waals surface area (Å²) in [6, 6.07) is 12.7. The van der Waals surface area contributed by atoms with Crippen molar-refractivity contribution in [1.82, 2.24) is 5.32 Å². The van der Waals surface area contributed by atoms with Crippen LogP contribution in [-0.4, -0.2) is 18.8 Å². The number of halogens is 2. The van der Waals surface area contributed by atoms with E-state index in [4.69, 9.17) is 17.0 Å². The Balaban J connectivity index is 1.76. The van der Waals surface area contributed by atoms with Gasteiger partial charge in [0, 0.05) is 11.0 Å². The van der Waals surface area contributed by atoms with Gasteiger partial charge in [0.25, 0.3) is 0 Å². The fraction of sp³-hybridized carbons (Fsp3) is 0.235. The Bertz CT molecular complexity index is 681. The summed E-state index contributed by atoms with van der Waals surface area (Å²) >= 11 is 8.40. The normalized spacial score (nSPS) is 10.2. The van der Waals surface area contributed by atoms with Crippen molar-refractivity contribution in [2.45, 2.75) is 12.8 Å². The molecule has 2 N–H and O–H groups in total. The van der Waals surface area contributed by atoms with Gasteiger partial charge in [-0.05, 0) is 54.9 Å². The summed E-state index contributed by atoms with van der Waals surface area (Å²) < 4.78 is 19.7. The lowest BCUT2D eigenvalue weighted by atomic mass is 10.1. The van der Waals surface area contributed by atoms with E-state index in [0.29, 0.717) is 21.8 Å². The van der Waals surface area contributed by atoms with Gasteiger partial charge in [0.15, 0.2) is 5.11 Å². The Morgan fingerprint density at radius 3 is 2.78 bits per heavy atom. The molecular formula is C17H18BrFN2OS. The number of thiocarbonyl (C=S) groups is 1. The maximum Gasteiger partial charge on any atom is 0.170 e. The minimum absolute atomic E-state index is 0.349. The fourth-order valence-corrected chi connectivity index (χ4v) is 2.69. The zero-order valence-corrected chi connectivity index (χ0v) is 15.1. The topological polar surface area (TPSA) is 33.3 Å². The van der Waals surface area contributed by atoms with Crippen LogP contribution < -0.4 is 15.4 Å². The Kier molecular flexibility index (Phi) is 6.80. The van der Waals surface area contributed by atoms with Crippen LogP contribution in [0, 0.1) is 5.82 Å². The van der Waals surface area contributed by atoms with E-state index in [1.807, 2.05) is 24.3 Å². The third kappa shape index (κ3) is 5.48. The summed E-state index contributed by atoms with van der Waals surface area (Å²) in [5.74, 6) is 0.544. The molecule has 6 heteroatoms. The molecule has 2 aromatic rings. The number of anilines is 1. The van der Waals surface area contributed by atoms with Crippen molar-refractivity contribution >= 4 is 38.9 Å². The highest BCUT2D eigenvalue weighted by atomic mass is 79.9. The van der Waals surface area contributed by atoms with E-state index in [1.54, 1.807) is 19.2 Å². The highest BCUT2D eigenvalue weighted by molar-refractivity contribution is 9.10. The second-order valence-electron chi connectivity index (χ2n) is 4.92. The van der Waals surface area contributed by atoms with Crippen LogP contribution in [0.25, 0.3) is 0 Å². The maximum absolute atomic E-state index is 13.7. The molecule has 0 aliphatic rings. The molecule has 2 aromatic carbocycles. The molecule has 0 aliphatic heterocycles. The maximum atomic E-state index is 13.7. The number of aryl methyl sites for hydroxylation is 1. The number of methoxy groups -OCH3 is 1. The number of nitrogens with one attached hydrogen (secondary N) is 2. The fourth-order valence-electron chi connectivity index (χ4n) is 2.15. The van der Waals surface area contributed by atoms with Crippen molar-refractivity contribution in [2.24, 2.45) is 0 Å². The van der Waals surface area contributed by atoms with Gasteiger partial charge in [-0.1, -0.05) is 34.1 Å². The summed E-state index contributed by atoms with van der Waals surface area (Å²) in [6.07, 6.45) is 1.78. The lowest BCUT2D eigenvalue weighted by Crippen LogP contribution is -2.29. The molecule has 2 rings (SSSR count). The van der Waals surface area contributed by atoms with Gasteiger partial charge in [0.1, 0.15) is 11.6 Å². The highest BCUT2D eigenvalue weighted by Crippen LogP contribution is 2.20. The molecule has 0 saturated heterocycles. The Labute approximate surface area is 149 Å². The second kappa shape index (κ2) is 8.84. The number of hydrogen-bond donors (Lipinski definition) is 2. The minimum Gasteiger partial charge on any atom is -0.496 e. The van der Waals surface area contributed by atoms with Crippen LogP contribution in [0.4, 0.5) is 10.1 Å². The van der Waals surface area contributed by atoms with E-state index in [9.17, 15) is 4.39 Å². The molecule has 3 nitrogen and oxygen atoms in total. The first-order chi connectivity index (χ1) is 11.1. The van der Waals surface area contributed by atoms with Crippen molar-refractivity contribution in [3.05, 3.63) is 58.3 Å². The van der Waals surface area contributed by atoms with Gasteiger partial charge in [-0.15, -0.1) is 0 Å². The van der Waals surface area contributed by atoms with Crippen molar-refractivity contribution in [3.8, 4) is 5.75 Å². The first-order valence-corrected chi connectivity index (χ1v) is 8.42. The van der Waals surface area contributed by atoms with Crippen LogP contribution in [-0.2, 0) is 6.42 Å². The summed E-state index contributed by atoms with van der Waals surface area (Å²) in [5, 5.41) is 6.35. The van der Waals surface area contributed by atoms with Gasteiger partial charge in [0.05, 0.1) is 12.8 Å². The van der Waals surface area contributed by atoms with E-state index in [0.717, 1.165) is 24.2 Å². The molecular weight excluding hydrogens is 379 g/mol. The van der Waals surface area contributed by atoms with Gasteiger partial charge in [0.2, 0.25) is 0 Å². The predicted molar refractivity (Wildman–Crippen MR) is 99.6 cm³/mol. The van der Waals surface area contributed by atoms with Crippen LogP contribution in [0.3, 0.4) is 0 Å². The van der Waals surface area contributed by atoms with E-state index in [1.165, 1.54) is 6.07 Å². The first-order valence-electron chi connectivity index (χ1n) is 7.22. The molecule has 23 heavy (non-hydrogen) atoms. The zero-order chi connectivity index (χ0) is 16.7. The summed E-state index contributed by atoms with van der Waals surface area (Å²) in [4.78, 5) is 0. The Hall–Kier alpha value is -1.66. The molecule has 0 fully saturated rings. The van der Waals surface area contributed by atoms with Gasteiger partial charge in [-0.2, -0.15) is 0 Å². The van der Waals surface area contributed by atoms with Crippen molar-refractivity contribution in [3.63, 3.8) is 0 Å². The van der Waals surface area contributed by atoms with Crippen LogP contribution in [0.1, 0.15) is 12.0 Å².